The Morgan fingerprint density at radius 1 is 1.47 bits per heavy atom. The van der Waals surface area contributed by atoms with E-state index in [0.29, 0.717) is 13.0 Å². The fraction of sp³-hybridized carbons (Fsp3) is 0.769. The van der Waals surface area contributed by atoms with Crippen LogP contribution in [0.4, 0.5) is 4.79 Å². The highest BCUT2D eigenvalue weighted by molar-refractivity contribution is 6.07. The second kappa shape index (κ2) is 5.19. The fourth-order valence-corrected chi connectivity index (χ4v) is 2.93. The summed E-state index contributed by atoms with van der Waals surface area (Å²) in [5, 5.41) is 4.95. The van der Waals surface area contributed by atoms with Crippen molar-refractivity contribution in [1.29, 1.82) is 0 Å². The molecule has 1 spiro atoms. The number of imide groups is 1. The molecule has 2 atom stereocenters. The first-order valence-electron chi connectivity index (χ1n) is 6.91. The molecule has 2 fully saturated rings. The molecule has 19 heavy (non-hydrogen) atoms. The minimum Gasteiger partial charge on any atom is -0.340 e. The zero-order valence-corrected chi connectivity index (χ0v) is 11.5. The molecule has 0 aromatic heterocycles. The number of rotatable bonds is 3. The Labute approximate surface area is 112 Å². The molecule has 0 aromatic carbocycles. The number of nitrogens with zero attached hydrogens (tertiary/aromatic N) is 1. The Hall–Kier alpha value is -1.59. The lowest BCUT2D eigenvalue weighted by Crippen LogP contribution is -2.60. The van der Waals surface area contributed by atoms with Gasteiger partial charge in [-0.15, -0.1) is 0 Å². The van der Waals surface area contributed by atoms with Crippen molar-refractivity contribution in [2.45, 2.75) is 45.1 Å². The van der Waals surface area contributed by atoms with Crippen LogP contribution in [0.25, 0.3) is 0 Å². The van der Waals surface area contributed by atoms with Gasteiger partial charge in [-0.25, -0.2) is 4.79 Å². The Kier molecular flexibility index (Phi) is 3.78. The van der Waals surface area contributed by atoms with Crippen LogP contribution in [0.2, 0.25) is 0 Å². The summed E-state index contributed by atoms with van der Waals surface area (Å²) in [5.74, 6) is -0.256. The first-order valence-corrected chi connectivity index (χ1v) is 6.91. The smallest absolute Gasteiger partial charge is 0.322 e. The van der Waals surface area contributed by atoms with Crippen LogP contribution in [0.1, 0.15) is 39.5 Å². The Morgan fingerprint density at radius 2 is 2.21 bits per heavy atom. The average molecular weight is 267 g/mol. The van der Waals surface area contributed by atoms with Crippen LogP contribution in [0.15, 0.2) is 0 Å². The summed E-state index contributed by atoms with van der Waals surface area (Å²) in [5.41, 5.74) is -0.906. The van der Waals surface area contributed by atoms with Crippen LogP contribution in [-0.4, -0.2) is 41.4 Å². The minimum atomic E-state index is -0.906. The van der Waals surface area contributed by atoms with E-state index in [0.717, 1.165) is 19.3 Å². The number of carbonyl (C=O) groups is 3. The van der Waals surface area contributed by atoms with Crippen molar-refractivity contribution in [2.75, 3.05) is 13.1 Å². The van der Waals surface area contributed by atoms with Crippen LogP contribution in [-0.2, 0) is 9.59 Å². The molecule has 6 nitrogen and oxygen atoms in total. The summed E-state index contributed by atoms with van der Waals surface area (Å²) in [6, 6.07) is -0.457. The summed E-state index contributed by atoms with van der Waals surface area (Å²) in [4.78, 5) is 37.2. The van der Waals surface area contributed by atoms with Crippen LogP contribution in [0.5, 0.6) is 0 Å². The molecule has 2 N–H and O–H groups in total. The number of urea groups is 1. The first kappa shape index (κ1) is 13.8. The number of hydrogen-bond acceptors (Lipinski definition) is 3. The van der Waals surface area contributed by atoms with Gasteiger partial charge in [0.05, 0.1) is 6.54 Å². The molecule has 0 saturated carbocycles. The molecule has 4 amide bonds. The van der Waals surface area contributed by atoms with Gasteiger partial charge in [-0.2, -0.15) is 0 Å². The molecule has 106 valence electrons. The van der Waals surface area contributed by atoms with Gasteiger partial charge in [0.15, 0.2) is 0 Å². The van der Waals surface area contributed by atoms with Crippen molar-refractivity contribution in [3.8, 4) is 0 Å². The number of amides is 4. The van der Waals surface area contributed by atoms with E-state index < -0.39 is 11.6 Å². The van der Waals surface area contributed by atoms with Gasteiger partial charge in [-0.05, 0) is 19.3 Å². The summed E-state index contributed by atoms with van der Waals surface area (Å²) in [6.07, 6.45) is 3.14. The number of nitrogens with one attached hydrogen (secondary N) is 2. The monoisotopic (exact) mass is 267 g/mol. The molecule has 2 rings (SSSR count). The SMILES string of the molecule is CCCC(C)C(=O)N1CCCC2(C1)NC(=O)NC2=O. The lowest BCUT2D eigenvalue weighted by atomic mass is 9.88. The van der Waals surface area contributed by atoms with E-state index in [1.165, 1.54) is 0 Å². The number of carbonyl (C=O) groups excluding carboxylic acids is 3. The predicted octanol–water partition coefficient (Wildman–Crippen LogP) is 0.623. The van der Waals surface area contributed by atoms with Crippen LogP contribution in [0, 0.1) is 5.92 Å². The van der Waals surface area contributed by atoms with Crippen molar-refractivity contribution in [3.63, 3.8) is 0 Å². The van der Waals surface area contributed by atoms with Gasteiger partial charge in [0.1, 0.15) is 5.54 Å². The zero-order chi connectivity index (χ0) is 14.0. The van der Waals surface area contributed by atoms with Crippen LogP contribution >= 0.6 is 0 Å². The largest absolute Gasteiger partial charge is 0.340 e. The third kappa shape index (κ3) is 2.57. The van der Waals surface area contributed by atoms with E-state index in [9.17, 15) is 14.4 Å². The van der Waals surface area contributed by atoms with E-state index in [-0.39, 0.29) is 24.3 Å². The fourth-order valence-electron chi connectivity index (χ4n) is 2.93. The third-order valence-corrected chi connectivity index (χ3v) is 3.96. The number of likely N-dealkylation sites (tertiary alicyclic amines) is 1. The maximum atomic E-state index is 12.3. The maximum absolute atomic E-state index is 12.3. The molecule has 2 heterocycles. The Balaban J connectivity index is 2.07. The van der Waals surface area contributed by atoms with Gasteiger partial charge in [0.25, 0.3) is 5.91 Å². The quantitative estimate of drug-likeness (QED) is 0.736. The van der Waals surface area contributed by atoms with Gasteiger partial charge in [0, 0.05) is 12.5 Å². The van der Waals surface area contributed by atoms with E-state index >= 15 is 0 Å². The standard InChI is InChI=1S/C13H21N3O3/c1-3-5-9(2)10(17)16-7-4-6-13(8-16)11(18)14-12(19)15-13/h9H,3-8H2,1-2H3,(H2,14,15,18,19). The third-order valence-electron chi connectivity index (χ3n) is 3.96. The normalized spacial score (nSPS) is 28.2. The predicted molar refractivity (Wildman–Crippen MR) is 69.3 cm³/mol. The van der Waals surface area contributed by atoms with Crippen molar-refractivity contribution in [2.24, 2.45) is 5.92 Å². The molecule has 0 aliphatic carbocycles. The summed E-state index contributed by atoms with van der Waals surface area (Å²) >= 11 is 0. The van der Waals surface area contributed by atoms with Crippen LogP contribution in [0.3, 0.4) is 0 Å². The van der Waals surface area contributed by atoms with Gasteiger partial charge in [-0.3, -0.25) is 14.9 Å². The minimum absolute atomic E-state index is 0.0275. The molecular weight excluding hydrogens is 246 g/mol. The van der Waals surface area contributed by atoms with Gasteiger partial charge < -0.3 is 10.2 Å². The van der Waals surface area contributed by atoms with Gasteiger partial charge >= 0.3 is 6.03 Å². The molecular formula is C13H21N3O3. The van der Waals surface area contributed by atoms with Crippen LogP contribution < -0.4 is 10.6 Å². The second-order valence-corrected chi connectivity index (χ2v) is 5.54. The highest BCUT2D eigenvalue weighted by atomic mass is 16.2. The molecule has 2 saturated heterocycles. The number of hydrogen-bond donors (Lipinski definition) is 2. The average Bonchev–Trinajstić information content (AvgIpc) is 2.63. The Bertz CT molecular complexity index is 410. The molecule has 2 unspecified atom stereocenters. The van der Waals surface area contributed by atoms with E-state index in [1.54, 1.807) is 4.90 Å². The summed E-state index contributed by atoms with van der Waals surface area (Å²) < 4.78 is 0. The number of piperidine rings is 1. The van der Waals surface area contributed by atoms with Gasteiger partial charge in [0.2, 0.25) is 5.91 Å². The molecule has 2 aliphatic rings. The van der Waals surface area contributed by atoms with Crippen molar-refractivity contribution >= 4 is 17.8 Å². The summed E-state index contributed by atoms with van der Waals surface area (Å²) in [6.45, 7) is 4.92. The molecule has 0 radical (unpaired) electrons. The van der Waals surface area contributed by atoms with Crippen molar-refractivity contribution in [3.05, 3.63) is 0 Å². The molecule has 0 aromatic rings. The topological polar surface area (TPSA) is 78.5 Å². The van der Waals surface area contributed by atoms with Crippen molar-refractivity contribution < 1.29 is 14.4 Å². The zero-order valence-electron chi connectivity index (χ0n) is 11.5. The van der Waals surface area contributed by atoms with E-state index in [4.69, 9.17) is 0 Å². The molecule has 0 bridgehead atoms. The highest BCUT2D eigenvalue weighted by Gasteiger charge is 2.49. The summed E-state index contributed by atoms with van der Waals surface area (Å²) in [7, 11) is 0. The lowest BCUT2D eigenvalue weighted by Gasteiger charge is -2.39. The van der Waals surface area contributed by atoms with E-state index in [2.05, 4.69) is 10.6 Å². The van der Waals surface area contributed by atoms with E-state index in [1.807, 2.05) is 13.8 Å². The molecule has 6 heteroatoms. The maximum Gasteiger partial charge on any atom is 0.322 e. The Morgan fingerprint density at radius 3 is 2.79 bits per heavy atom. The van der Waals surface area contributed by atoms with Crippen molar-refractivity contribution in [1.82, 2.24) is 15.5 Å². The van der Waals surface area contributed by atoms with Gasteiger partial charge in [-0.1, -0.05) is 20.3 Å². The first-order chi connectivity index (χ1) is 8.98. The molecule has 2 aliphatic heterocycles. The second-order valence-electron chi connectivity index (χ2n) is 5.54. The lowest BCUT2D eigenvalue weighted by molar-refractivity contribution is -0.139. The highest BCUT2D eigenvalue weighted by Crippen LogP contribution is 2.26.